The average Bonchev–Trinajstić information content (AvgIpc) is 2.21. The topological polar surface area (TPSA) is 64.3 Å². The van der Waals surface area contributed by atoms with E-state index < -0.39 is 0 Å². The summed E-state index contributed by atoms with van der Waals surface area (Å²) in [5, 5.41) is 2.65. The Labute approximate surface area is 82.1 Å². The lowest BCUT2D eigenvalue weighted by molar-refractivity contribution is 0.120. The largest absolute Gasteiger partial charge is 0.449 e. The summed E-state index contributed by atoms with van der Waals surface area (Å²) in [6, 6.07) is 7.62. The Kier molecular flexibility index (Phi) is 2.26. The highest BCUT2D eigenvalue weighted by Gasteiger charge is 2.20. The van der Waals surface area contributed by atoms with Crippen molar-refractivity contribution in [1.29, 1.82) is 0 Å². The lowest BCUT2D eigenvalue weighted by Crippen LogP contribution is -2.37. The van der Waals surface area contributed by atoms with Crippen LogP contribution in [0.4, 0.5) is 10.5 Å². The Morgan fingerprint density at radius 3 is 2.64 bits per heavy atom. The highest BCUT2D eigenvalue weighted by atomic mass is 16.6. The van der Waals surface area contributed by atoms with Gasteiger partial charge in [-0.25, -0.2) is 4.79 Å². The number of carbonyl (C=O) groups excluding carboxylic acids is 1. The van der Waals surface area contributed by atoms with Gasteiger partial charge in [-0.3, -0.25) is 0 Å². The fraction of sp³-hybridized carbons (Fsp3) is 0.300. The van der Waals surface area contributed by atoms with E-state index in [1.807, 2.05) is 24.3 Å². The minimum absolute atomic E-state index is 0.230. The first-order valence-corrected chi connectivity index (χ1v) is 4.52. The Morgan fingerprint density at radius 2 is 2.07 bits per heavy atom. The molecule has 14 heavy (non-hydrogen) atoms. The number of nitrogens with one attached hydrogen (secondary N) is 1. The fourth-order valence-corrected chi connectivity index (χ4v) is 1.48. The molecule has 1 aromatic rings. The maximum Gasteiger partial charge on any atom is 0.407 e. The second-order valence-electron chi connectivity index (χ2n) is 3.34. The maximum absolute atomic E-state index is 10.7. The van der Waals surface area contributed by atoms with Crippen LogP contribution in [-0.4, -0.2) is 19.2 Å². The zero-order valence-electron chi connectivity index (χ0n) is 7.69. The van der Waals surface area contributed by atoms with Crippen LogP contribution in [0.2, 0.25) is 0 Å². The summed E-state index contributed by atoms with van der Waals surface area (Å²) < 4.78 is 4.89. The number of carbonyl (C=O) groups is 1. The summed E-state index contributed by atoms with van der Waals surface area (Å²) in [4.78, 5) is 10.7. The number of hydrogen-bond acceptors (Lipinski definition) is 3. The van der Waals surface area contributed by atoms with Crippen LogP contribution in [0.5, 0.6) is 0 Å². The molecule has 0 aromatic heterocycles. The number of benzene rings is 1. The number of alkyl carbamates (subject to hydrolysis) is 1. The smallest absolute Gasteiger partial charge is 0.407 e. The van der Waals surface area contributed by atoms with Crippen LogP contribution in [0, 0.1) is 0 Å². The standard InChI is InChI=1S/C10H12N2O2/c11-9-3-1-7(2-4-9)8-5-12-10(13)14-6-8/h1-4,8H,5-6,11H2,(H,12,13). The molecule has 0 saturated carbocycles. The average molecular weight is 192 g/mol. The molecule has 0 radical (unpaired) electrons. The van der Waals surface area contributed by atoms with Crippen LogP contribution < -0.4 is 11.1 Å². The summed E-state index contributed by atoms with van der Waals surface area (Å²) in [6.45, 7) is 1.07. The van der Waals surface area contributed by atoms with Gasteiger partial charge in [-0.2, -0.15) is 0 Å². The zero-order chi connectivity index (χ0) is 9.97. The van der Waals surface area contributed by atoms with E-state index in [1.165, 1.54) is 0 Å². The maximum atomic E-state index is 10.7. The predicted molar refractivity (Wildman–Crippen MR) is 52.9 cm³/mol. The molecule has 74 valence electrons. The van der Waals surface area contributed by atoms with Gasteiger partial charge in [0.2, 0.25) is 0 Å². The van der Waals surface area contributed by atoms with Gasteiger partial charge in [0.1, 0.15) is 6.61 Å². The van der Waals surface area contributed by atoms with E-state index >= 15 is 0 Å². The van der Waals surface area contributed by atoms with Gasteiger partial charge >= 0.3 is 6.09 Å². The summed E-state index contributed by atoms with van der Waals surface area (Å²) in [5.41, 5.74) is 7.46. The van der Waals surface area contributed by atoms with Gasteiger partial charge < -0.3 is 15.8 Å². The van der Waals surface area contributed by atoms with E-state index in [0.29, 0.717) is 13.2 Å². The highest BCUT2D eigenvalue weighted by molar-refractivity contribution is 5.68. The molecular formula is C10H12N2O2. The molecule has 4 heteroatoms. The van der Waals surface area contributed by atoms with Crippen molar-refractivity contribution in [3.63, 3.8) is 0 Å². The predicted octanol–water partition coefficient (Wildman–Crippen LogP) is 1.09. The second-order valence-corrected chi connectivity index (χ2v) is 3.34. The number of nitrogen functional groups attached to an aromatic ring is 1. The Morgan fingerprint density at radius 1 is 1.36 bits per heavy atom. The Bertz CT molecular complexity index is 324. The number of nitrogens with two attached hydrogens (primary N) is 1. The monoisotopic (exact) mass is 192 g/mol. The molecule has 1 saturated heterocycles. The molecule has 0 spiro atoms. The number of cyclic esters (lactones) is 1. The van der Waals surface area contributed by atoms with Crippen LogP contribution in [0.15, 0.2) is 24.3 Å². The van der Waals surface area contributed by atoms with Crippen LogP contribution >= 0.6 is 0 Å². The van der Waals surface area contributed by atoms with Crippen molar-refractivity contribution in [2.45, 2.75) is 5.92 Å². The molecule has 0 aliphatic carbocycles. The molecule has 1 heterocycles. The number of hydrogen-bond donors (Lipinski definition) is 2. The van der Waals surface area contributed by atoms with E-state index in [1.54, 1.807) is 0 Å². The molecule has 1 aliphatic heterocycles. The first-order chi connectivity index (χ1) is 6.75. The van der Waals surface area contributed by atoms with E-state index in [2.05, 4.69) is 5.32 Å². The molecule has 1 amide bonds. The quantitative estimate of drug-likeness (QED) is 0.655. The third-order valence-electron chi connectivity index (χ3n) is 2.32. The van der Waals surface area contributed by atoms with Crippen molar-refractivity contribution in [2.75, 3.05) is 18.9 Å². The van der Waals surface area contributed by atoms with Crippen molar-refractivity contribution >= 4 is 11.8 Å². The first-order valence-electron chi connectivity index (χ1n) is 4.52. The number of anilines is 1. The molecule has 1 fully saturated rings. The van der Waals surface area contributed by atoms with Crippen molar-refractivity contribution in [3.8, 4) is 0 Å². The van der Waals surface area contributed by atoms with Gasteiger partial charge in [-0.1, -0.05) is 12.1 Å². The van der Waals surface area contributed by atoms with Gasteiger partial charge in [0.25, 0.3) is 0 Å². The van der Waals surface area contributed by atoms with Crippen molar-refractivity contribution in [3.05, 3.63) is 29.8 Å². The Hall–Kier alpha value is -1.71. The molecular weight excluding hydrogens is 180 g/mol. The summed E-state index contributed by atoms with van der Waals surface area (Å²) in [5.74, 6) is 0.230. The summed E-state index contributed by atoms with van der Waals surface area (Å²) in [7, 11) is 0. The molecule has 1 aromatic carbocycles. The van der Waals surface area contributed by atoms with Crippen LogP contribution in [0.3, 0.4) is 0 Å². The van der Waals surface area contributed by atoms with E-state index in [4.69, 9.17) is 10.5 Å². The fourth-order valence-electron chi connectivity index (χ4n) is 1.48. The molecule has 1 unspecified atom stereocenters. The molecule has 1 atom stereocenters. The minimum atomic E-state index is -0.336. The third kappa shape index (κ3) is 1.79. The summed E-state index contributed by atoms with van der Waals surface area (Å²) in [6.07, 6.45) is -0.336. The SMILES string of the molecule is Nc1ccc(C2CNC(=O)OC2)cc1. The van der Waals surface area contributed by atoms with Gasteiger partial charge in [-0.05, 0) is 17.7 Å². The van der Waals surface area contributed by atoms with Gasteiger partial charge in [0, 0.05) is 18.2 Å². The lowest BCUT2D eigenvalue weighted by Gasteiger charge is -2.22. The van der Waals surface area contributed by atoms with Crippen molar-refractivity contribution < 1.29 is 9.53 Å². The molecule has 1 aliphatic rings. The normalized spacial score (nSPS) is 21.1. The summed E-state index contributed by atoms with van der Waals surface area (Å²) >= 11 is 0. The van der Waals surface area contributed by atoms with Crippen LogP contribution in [-0.2, 0) is 4.74 Å². The molecule has 2 rings (SSSR count). The number of amides is 1. The lowest BCUT2D eigenvalue weighted by atomic mass is 9.99. The zero-order valence-corrected chi connectivity index (χ0v) is 7.69. The molecule has 0 bridgehead atoms. The first kappa shape index (κ1) is 8.87. The molecule has 3 N–H and O–H groups in total. The minimum Gasteiger partial charge on any atom is -0.449 e. The van der Waals surface area contributed by atoms with Crippen molar-refractivity contribution in [2.24, 2.45) is 0 Å². The highest BCUT2D eigenvalue weighted by Crippen LogP contribution is 2.19. The van der Waals surface area contributed by atoms with E-state index in [-0.39, 0.29) is 12.0 Å². The van der Waals surface area contributed by atoms with E-state index in [9.17, 15) is 4.79 Å². The van der Waals surface area contributed by atoms with Crippen LogP contribution in [0.25, 0.3) is 0 Å². The second kappa shape index (κ2) is 3.57. The third-order valence-corrected chi connectivity index (χ3v) is 2.32. The van der Waals surface area contributed by atoms with Crippen molar-refractivity contribution in [1.82, 2.24) is 5.32 Å². The number of ether oxygens (including phenoxy) is 1. The van der Waals surface area contributed by atoms with Gasteiger partial charge in [0.05, 0.1) is 0 Å². The Balaban J connectivity index is 2.08. The number of rotatable bonds is 1. The molecule has 4 nitrogen and oxygen atoms in total. The van der Waals surface area contributed by atoms with Gasteiger partial charge in [-0.15, -0.1) is 0 Å². The van der Waals surface area contributed by atoms with E-state index in [0.717, 1.165) is 11.3 Å². The van der Waals surface area contributed by atoms with Crippen LogP contribution in [0.1, 0.15) is 11.5 Å². The van der Waals surface area contributed by atoms with Gasteiger partial charge in [0.15, 0.2) is 0 Å².